The first-order valence-corrected chi connectivity index (χ1v) is 7.84. The van der Waals surface area contributed by atoms with Crippen LogP contribution >= 0.6 is 15.9 Å². The zero-order valence-electron chi connectivity index (χ0n) is 11.6. The van der Waals surface area contributed by atoms with Crippen molar-refractivity contribution in [2.75, 3.05) is 18.8 Å². The molecule has 0 aliphatic carbocycles. The molecular weight excluding hydrogens is 328 g/mol. The van der Waals surface area contributed by atoms with Gasteiger partial charge < -0.3 is 10.6 Å². The number of halogens is 1. The van der Waals surface area contributed by atoms with Gasteiger partial charge in [0, 0.05) is 24.7 Å². The van der Waals surface area contributed by atoms with E-state index in [0.29, 0.717) is 21.6 Å². The molecule has 0 aromatic heterocycles. The average molecular weight is 345 g/mol. The summed E-state index contributed by atoms with van der Waals surface area (Å²) in [5.41, 5.74) is 8.40. The Morgan fingerprint density at radius 1 is 1.14 bits per heavy atom. The summed E-state index contributed by atoms with van der Waals surface area (Å²) in [6.07, 6.45) is 1.01. The Balaban J connectivity index is 1.77. The number of benzene rings is 2. The Morgan fingerprint density at radius 2 is 1.90 bits per heavy atom. The molecule has 1 saturated heterocycles. The molecule has 1 amide bonds. The molecule has 2 N–H and O–H groups in total. The highest BCUT2D eigenvalue weighted by atomic mass is 79.9. The third-order valence-corrected chi connectivity index (χ3v) is 4.89. The Labute approximate surface area is 132 Å². The quantitative estimate of drug-likeness (QED) is 0.845. The smallest absolute Gasteiger partial charge is 0.255 e. The topological polar surface area (TPSA) is 46.3 Å². The minimum absolute atomic E-state index is 0.0487. The average Bonchev–Trinajstić information content (AvgIpc) is 3.00. The molecule has 4 heteroatoms. The summed E-state index contributed by atoms with van der Waals surface area (Å²) < 4.78 is 0.693. The van der Waals surface area contributed by atoms with Crippen LogP contribution < -0.4 is 5.73 Å². The molecule has 108 valence electrons. The molecule has 0 saturated carbocycles. The van der Waals surface area contributed by atoms with Crippen LogP contribution in [0.5, 0.6) is 0 Å². The number of nitrogens with two attached hydrogens (primary N) is 1. The van der Waals surface area contributed by atoms with Crippen molar-refractivity contribution in [1.29, 1.82) is 0 Å². The first kappa shape index (κ1) is 14.1. The second kappa shape index (κ2) is 5.90. The lowest BCUT2D eigenvalue weighted by Gasteiger charge is -2.18. The molecule has 0 bridgehead atoms. The maximum absolute atomic E-state index is 12.6. The largest absolute Gasteiger partial charge is 0.398 e. The minimum atomic E-state index is 0.0487. The van der Waals surface area contributed by atoms with E-state index in [1.165, 1.54) is 5.56 Å². The van der Waals surface area contributed by atoms with Crippen LogP contribution in [0.1, 0.15) is 28.3 Å². The van der Waals surface area contributed by atoms with Gasteiger partial charge in [-0.1, -0.05) is 36.4 Å². The van der Waals surface area contributed by atoms with Crippen molar-refractivity contribution in [3.8, 4) is 0 Å². The van der Waals surface area contributed by atoms with Gasteiger partial charge in [-0.3, -0.25) is 4.79 Å². The van der Waals surface area contributed by atoms with E-state index in [-0.39, 0.29) is 5.91 Å². The van der Waals surface area contributed by atoms with Crippen LogP contribution in [-0.4, -0.2) is 23.9 Å². The predicted octanol–water partition coefficient (Wildman–Crippen LogP) is 3.66. The van der Waals surface area contributed by atoms with Crippen molar-refractivity contribution in [1.82, 2.24) is 4.90 Å². The number of likely N-dealkylation sites (tertiary alicyclic amines) is 1. The molecule has 3 nitrogen and oxygen atoms in total. The number of amides is 1. The van der Waals surface area contributed by atoms with Crippen molar-refractivity contribution in [2.45, 2.75) is 12.3 Å². The van der Waals surface area contributed by atoms with Crippen molar-refractivity contribution >= 4 is 27.5 Å². The molecule has 1 heterocycles. The number of nitrogen functional groups attached to an aromatic ring is 1. The van der Waals surface area contributed by atoms with Crippen molar-refractivity contribution in [2.24, 2.45) is 0 Å². The van der Waals surface area contributed by atoms with Gasteiger partial charge in [0.05, 0.1) is 10.0 Å². The van der Waals surface area contributed by atoms with Gasteiger partial charge in [-0.2, -0.15) is 0 Å². The molecule has 0 radical (unpaired) electrons. The fourth-order valence-corrected chi connectivity index (χ4v) is 3.26. The summed E-state index contributed by atoms with van der Waals surface area (Å²) in [5.74, 6) is 0.475. The van der Waals surface area contributed by atoms with Crippen LogP contribution in [0.4, 0.5) is 5.69 Å². The highest BCUT2D eigenvalue weighted by molar-refractivity contribution is 9.10. The molecule has 2 aromatic carbocycles. The number of carbonyl (C=O) groups is 1. The van der Waals surface area contributed by atoms with Crippen LogP contribution in [0.2, 0.25) is 0 Å². The monoisotopic (exact) mass is 344 g/mol. The summed E-state index contributed by atoms with van der Waals surface area (Å²) in [4.78, 5) is 14.6. The molecular formula is C17H17BrN2O. The standard InChI is InChI=1S/C17H17BrN2O/c18-16-14(7-4-8-15(16)19)17(21)20-10-9-13(11-20)12-5-2-1-3-6-12/h1-8,13H,9-11,19H2. The highest BCUT2D eigenvalue weighted by Gasteiger charge is 2.28. The van der Waals surface area contributed by atoms with Gasteiger partial charge in [0.2, 0.25) is 0 Å². The summed E-state index contributed by atoms with van der Waals surface area (Å²) >= 11 is 3.42. The summed E-state index contributed by atoms with van der Waals surface area (Å²) in [6.45, 7) is 1.56. The Kier molecular flexibility index (Phi) is 3.97. The number of anilines is 1. The molecule has 2 aromatic rings. The Morgan fingerprint density at radius 3 is 2.67 bits per heavy atom. The lowest BCUT2D eigenvalue weighted by Crippen LogP contribution is -2.28. The third kappa shape index (κ3) is 2.81. The number of hydrogen-bond donors (Lipinski definition) is 1. The number of hydrogen-bond acceptors (Lipinski definition) is 2. The van der Waals surface area contributed by atoms with Gasteiger partial charge in [-0.05, 0) is 40.0 Å². The normalized spacial score (nSPS) is 18.0. The number of nitrogens with zero attached hydrogens (tertiary/aromatic N) is 1. The summed E-state index contributed by atoms with van der Waals surface area (Å²) in [5, 5.41) is 0. The van der Waals surface area contributed by atoms with E-state index in [1.54, 1.807) is 6.07 Å². The van der Waals surface area contributed by atoms with Gasteiger partial charge in [-0.15, -0.1) is 0 Å². The lowest BCUT2D eigenvalue weighted by atomic mass is 9.99. The van der Waals surface area contributed by atoms with Crippen LogP contribution in [0.3, 0.4) is 0 Å². The van der Waals surface area contributed by atoms with Gasteiger partial charge in [-0.25, -0.2) is 0 Å². The zero-order valence-corrected chi connectivity index (χ0v) is 13.2. The summed E-state index contributed by atoms with van der Waals surface area (Å²) in [6, 6.07) is 15.8. The first-order chi connectivity index (χ1) is 10.2. The summed E-state index contributed by atoms with van der Waals surface area (Å²) in [7, 11) is 0. The van der Waals surface area contributed by atoms with E-state index >= 15 is 0 Å². The molecule has 1 unspecified atom stereocenters. The van der Waals surface area contributed by atoms with E-state index in [1.807, 2.05) is 35.2 Å². The fraction of sp³-hybridized carbons (Fsp3) is 0.235. The molecule has 3 rings (SSSR count). The van der Waals surface area contributed by atoms with Crippen molar-refractivity contribution in [3.63, 3.8) is 0 Å². The second-order valence-corrected chi connectivity index (χ2v) is 6.15. The molecule has 1 atom stereocenters. The van der Waals surface area contributed by atoms with E-state index in [0.717, 1.165) is 19.5 Å². The van der Waals surface area contributed by atoms with E-state index in [9.17, 15) is 4.79 Å². The Hall–Kier alpha value is -1.81. The highest BCUT2D eigenvalue weighted by Crippen LogP contribution is 2.30. The SMILES string of the molecule is Nc1cccc(C(=O)N2CCC(c3ccccc3)C2)c1Br. The first-order valence-electron chi connectivity index (χ1n) is 7.05. The van der Waals surface area contributed by atoms with Gasteiger partial charge in [0.25, 0.3) is 5.91 Å². The lowest BCUT2D eigenvalue weighted by molar-refractivity contribution is 0.0790. The van der Waals surface area contributed by atoms with Gasteiger partial charge in [0.15, 0.2) is 0 Å². The van der Waals surface area contributed by atoms with Crippen LogP contribution in [0.15, 0.2) is 53.0 Å². The number of carbonyl (C=O) groups excluding carboxylic acids is 1. The molecule has 1 aliphatic heterocycles. The van der Waals surface area contributed by atoms with Gasteiger partial charge >= 0.3 is 0 Å². The molecule has 1 aliphatic rings. The third-order valence-electron chi connectivity index (χ3n) is 4.01. The van der Waals surface area contributed by atoms with E-state index in [4.69, 9.17) is 5.73 Å². The van der Waals surface area contributed by atoms with Crippen LogP contribution in [-0.2, 0) is 0 Å². The Bertz CT molecular complexity index is 657. The van der Waals surface area contributed by atoms with Crippen LogP contribution in [0.25, 0.3) is 0 Å². The second-order valence-electron chi connectivity index (χ2n) is 5.36. The van der Waals surface area contributed by atoms with Gasteiger partial charge in [0.1, 0.15) is 0 Å². The molecule has 0 spiro atoms. The van der Waals surface area contributed by atoms with Crippen molar-refractivity contribution in [3.05, 3.63) is 64.1 Å². The van der Waals surface area contributed by atoms with E-state index < -0.39 is 0 Å². The zero-order chi connectivity index (χ0) is 14.8. The van der Waals surface area contributed by atoms with E-state index in [2.05, 4.69) is 28.1 Å². The maximum atomic E-state index is 12.6. The maximum Gasteiger partial charge on any atom is 0.255 e. The predicted molar refractivity (Wildman–Crippen MR) is 88.3 cm³/mol. The fourth-order valence-electron chi connectivity index (χ4n) is 2.83. The molecule has 1 fully saturated rings. The molecule has 21 heavy (non-hydrogen) atoms. The van der Waals surface area contributed by atoms with Crippen molar-refractivity contribution < 1.29 is 4.79 Å². The minimum Gasteiger partial charge on any atom is -0.398 e. The van der Waals surface area contributed by atoms with Crippen LogP contribution in [0, 0.1) is 0 Å². The number of rotatable bonds is 2.